The maximum absolute atomic E-state index is 6.21. The Labute approximate surface area is 123 Å². The van der Waals surface area contributed by atoms with Gasteiger partial charge >= 0.3 is 0 Å². The van der Waals surface area contributed by atoms with Gasteiger partial charge in [-0.25, -0.2) is 4.68 Å². The molecule has 0 atom stereocenters. The maximum atomic E-state index is 6.21. The van der Waals surface area contributed by atoms with Crippen LogP contribution in [0.5, 0.6) is 0 Å². The molecule has 1 aromatic carbocycles. The Kier molecular flexibility index (Phi) is 3.40. The molecular formula is C11H10Cl2N5S+. The van der Waals surface area contributed by atoms with Crippen LogP contribution >= 0.6 is 35.0 Å². The molecule has 0 saturated heterocycles. The molecule has 3 rings (SSSR count). The standard InChI is InChI=1S/C11H9Cl2N5S/c12-6-1-2-7(8(13)3-6)9-5-19-11-16-15-10(4-14)18(11)17-9/h1-3,5,17H,4,14H2/p+1. The summed E-state index contributed by atoms with van der Waals surface area (Å²) in [6.07, 6.45) is 0. The lowest BCUT2D eigenvalue weighted by Crippen LogP contribution is -2.49. The first-order valence-electron chi connectivity index (χ1n) is 5.52. The Balaban J connectivity index is 1.97. The van der Waals surface area contributed by atoms with Crippen LogP contribution in [0.3, 0.4) is 0 Å². The second-order valence-electron chi connectivity index (χ2n) is 3.87. The van der Waals surface area contributed by atoms with E-state index in [4.69, 9.17) is 23.2 Å². The number of fused-ring (bicyclic) bond motifs is 1. The second kappa shape index (κ2) is 5.05. The van der Waals surface area contributed by atoms with Gasteiger partial charge in [0.15, 0.2) is 0 Å². The first-order valence-corrected chi connectivity index (χ1v) is 7.15. The van der Waals surface area contributed by atoms with Crippen LogP contribution in [0, 0.1) is 0 Å². The van der Waals surface area contributed by atoms with Crippen LogP contribution < -0.4 is 11.2 Å². The van der Waals surface area contributed by atoms with Gasteiger partial charge in [0.05, 0.1) is 10.7 Å². The first-order chi connectivity index (χ1) is 9.19. The molecule has 0 aliphatic carbocycles. The minimum absolute atomic E-state index is 0.558. The average Bonchev–Trinajstić information content (AvgIpc) is 2.80. The molecule has 0 amide bonds. The smallest absolute Gasteiger partial charge is 0.214 e. The monoisotopic (exact) mass is 314 g/mol. The number of thioether (sulfide) groups is 1. The second-order valence-corrected chi connectivity index (χ2v) is 5.55. The molecule has 98 valence electrons. The van der Waals surface area contributed by atoms with Crippen LogP contribution in [0.25, 0.3) is 5.70 Å². The van der Waals surface area contributed by atoms with Crippen LogP contribution in [-0.4, -0.2) is 14.9 Å². The zero-order valence-corrected chi connectivity index (χ0v) is 12.1. The summed E-state index contributed by atoms with van der Waals surface area (Å²) in [7, 11) is 0. The summed E-state index contributed by atoms with van der Waals surface area (Å²) in [6.45, 7) is 0.558. The molecule has 5 nitrogen and oxygen atoms in total. The van der Waals surface area contributed by atoms with E-state index in [1.165, 1.54) is 11.8 Å². The minimum Gasteiger partial charge on any atom is -0.351 e. The quantitative estimate of drug-likeness (QED) is 0.889. The van der Waals surface area contributed by atoms with Crippen molar-refractivity contribution in [3.8, 4) is 0 Å². The molecule has 1 aromatic heterocycles. The molecular weight excluding hydrogens is 305 g/mol. The first kappa shape index (κ1) is 12.8. The molecule has 0 unspecified atom stereocenters. The van der Waals surface area contributed by atoms with Crippen molar-refractivity contribution in [3.05, 3.63) is 45.0 Å². The lowest BCUT2D eigenvalue weighted by molar-refractivity contribution is -0.388. The highest BCUT2D eigenvalue weighted by molar-refractivity contribution is 8.02. The molecule has 0 spiro atoms. The number of aromatic nitrogens is 3. The van der Waals surface area contributed by atoms with E-state index in [0.717, 1.165) is 22.2 Å². The Morgan fingerprint density at radius 1 is 1.32 bits per heavy atom. The Hall–Kier alpha value is -1.21. The lowest BCUT2D eigenvalue weighted by atomic mass is 10.2. The van der Waals surface area contributed by atoms with E-state index in [1.807, 2.05) is 16.2 Å². The van der Waals surface area contributed by atoms with Gasteiger partial charge in [0.25, 0.3) is 0 Å². The third-order valence-electron chi connectivity index (χ3n) is 2.66. The van der Waals surface area contributed by atoms with Gasteiger partial charge in [0, 0.05) is 16.0 Å². The number of rotatable bonds is 2. The Morgan fingerprint density at radius 2 is 2.16 bits per heavy atom. The fourth-order valence-electron chi connectivity index (χ4n) is 1.74. The lowest BCUT2D eigenvalue weighted by Gasteiger charge is -2.19. The number of hydrogen-bond acceptors (Lipinski definition) is 4. The summed E-state index contributed by atoms with van der Waals surface area (Å²) in [5, 5.41) is 12.1. The summed E-state index contributed by atoms with van der Waals surface area (Å²) in [5.41, 5.74) is 8.83. The third-order valence-corrected chi connectivity index (χ3v) is 4.04. The molecule has 0 radical (unpaired) electrons. The third kappa shape index (κ3) is 2.32. The van der Waals surface area contributed by atoms with Crippen LogP contribution in [0.1, 0.15) is 11.4 Å². The van der Waals surface area contributed by atoms with Crippen LogP contribution in [-0.2, 0) is 6.54 Å². The summed E-state index contributed by atoms with van der Waals surface area (Å²) >= 11 is 13.6. The van der Waals surface area contributed by atoms with E-state index in [9.17, 15) is 0 Å². The van der Waals surface area contributed by atoms with Gasteiger partial charge < -0.3 is 5.73 Å². The van der Waals surface area contributed by atoms with Crippen LogP contribution in [0.2, 0.25) is 10.0 Å². The van der Waals surface area contributed by atoms with Gasteiger partial charge in [-0.2, -0.15) is 0 Å². The molecule has 1 aliphatic rings. The van der Waals surface area contributed by atoms with Gasteiger partial charge in [-0.3, -0.25) is 5.43 Å². The summed E-state index contributed by atoms with van der Waals surface area (Å²) < 4.78 is 1.82. The topological polar surface area (TPSA) is 70.4 Å². The largest absolute Gasteiger partial charge is 0.351 e. The Bertz CT molecular complexity index is 667. The van der Waals surface area contributed by atoms with Crippen molar-refractivity contribution in [2.24, 2.45) is 0 Å². The SMILES string of the molecule is [NH3+]Cc1nnc2n1NC(c1ccc(Cl)cc1Cl)=CS2. The molecule has 4 N–H and O–H groups in total. The zero-order valence-electron chi connectivity index (χ0n) is 9.73. The molecule has 1 aliphatic heterocycles. The molecule has 0 saturated carbocycles. The van der Waals surface area contributed by atoms with Crippen molar-refractivity contribution in [3.63, 3.8) is 0 Å². The number of quaternary nitrogens is 1. The number of nitrogens with zero attached hydrogens (tertiary/aromatic N) is 3. The van der Waals surface area contributed by atoms with Crippen molar-refractivity contribution in [2.75, 3.05) is 5.43 Å². The van der Waals surface area contributed by atoms with Crippen molar-refractivity contribution in [1.82, 2.24) is 14.9 Å². The molecule has 19 heavy (non-hydrogen) atoms. The normalized spacial score (nSPS) is 13.7. The van der Waals surface area contributed by atoms with Crippen molar-refractivity contribution in [2.45, 2.75) is 11.7 Å². The van der Waals surface area contributed by atoms with Crippen molar-refractivity contribution >= 4 is 40.7 Å². The summed E-state index contributed by atoms with van der Waals surface area (Å²) in [4.78, 5) is 0. The Morgan fingerprint density at radius 3 is 2.89 bits per heavy atom. The highest BCUT2D eigenvalue weighted by Gasteiger charge is 2.19. The van der Waals surface area contributed by atoms with E-state index >= 15 is 0 Å². The van der Waals surface area contributed by atoms with Gasteiger partial charge in [0.2, 0.25) is 11.0 Å². The molecule has 0 bridgehead atoms. The predicted molar refractivity (Wildman–Crippen MR) is 76.3 cm³/mol. The maximum Gasteiger partial charge on any atom is 0.214 e. The van der Waals surface area contributed by atoms with E-state index in [-0.39, 0.29) is 0 Å². The highest BCUT2D eigenvalue weighted by Crippen LogP contribution is 2.32. The van der Waals surface area contributed by atoms with Crippen molar-refractivity contribution in [1.29, 1.82) is 0 Å². The minimum atomic E-state index is 0.558. The fourth-order valence-corrected chi connectivity index (χ4v) is 3.00. The molecule has 8 heteroatoms. The van der Waals surface area contributed by atoms with E-state index in [2.05, 4.69) is 21.4 Å². The number of benzene rings is 1. The fraction of sp³-hybridized carbons (Fsp3) is 0.0909. The van der Waals surface area contributed by atoms with Gasteiger partial charge in [0.1, 0.15) is 6.54 Å². The van der Waals surface area contributed by atoms with E-state index in [1.54, 1.807) is 12.1 Å². The molecule has 2 aromatic rings. The van der Waals surface area contributed by atoms with Crippen LogP contribution in [0.15, 0.2) is 28.8 Å². The van der Waals surface area contributed by atoms with Gasteiger partial charge in [-0.15, -0.1) is 10.2 Å². The average molecular weight is 315 g/mol. The van der Waals surface area contributed by atoms with Gasteiger partial charge in [-0.1, -0.05) is 35.0 Å². The summed E-state index contributed by atoms with van der Waals surface area (Å²) in [6, 6.07) is 5.40. The summed E-state index contributed by atoms with van der Waals surface area (Å²) in [5.74, 6) is 0.776. The predicted octanol–water partition coefficient (Wildman–Crippen LogP) is 1.97. The molecule has 2 heterocycles. The zero-order chi connectivity index (χ0) is 13.4. The van der Waals surface area contributed by atoms with Gasteiger partial charge in [-0.05, 0) is 18.2 Å². The van der Waals surface area contributed by atoms with E-state index in [0.29, 0.717) is 16.6 Å². The van der Waals surface area contributed by atoms with Crippen molar-refractivity contribution < 1.29 is 5.73 Å². The van der Waals surface area contributed by atoms with E-state index < -0.39 is 0 Å². The highest BCUT2D eigenvalue weighted by atomic mass is 35.5. The number of halogens is 2. The number of nitrogens with one attached hydrogen (secondary N) is 1. The van der Waals surface area contributed by atoms with Crippen LogP contribution in [0.4, 0.5) is 0 Å². The number of hydrogen-bond donors (Lipinski definition) is 2. The molecule has 0 fully saturated rings.